The molecule has 3 rings (SSSR count). The highest BCUT2D eigenvalue weighted by Gasteiger charge is 2.11. The van der Waals surface area contributed by atoms with Crippen molar-refractivity contribution in [1.29, 1.82) is 0 Å². The zero-order chi connectivity index (χ0) is 19.6. The summed E-state index contributed by atoms with van der Waals surface area (Å²) >= 11 is 0. The summed E-state index contributed by atoms with van der Waals surface area (Å²) in [5.74, 6) is -1.57. The van der Waals surface area contributed by atoms with Crippen LogP contribution in [-0.4, -0.2) is 33.5 Å². The van der Waals surface area contributed by atoms with Gasteiger partial charge in [-0.15, -0.1) is 0 Å². The Hall–Kier alpha value is -3.87. The summed E-state index contributed by atoms with van der Waals surface area (Å²) in [6.45, 7) is 1.79. The number of benzene rings is 2. The Morgan fingerprint density at radius 2 is 1.78 bits per heavy atom. The van der Waals surface area contributed by atoms with E-state index < -0.39 is 11.9 Å². The summed E-state index contributed by atoms with van der Waals surface area (Å²) < 4.78 is 5.71. The smallest absolute Gasteiger partial charge is 0.339 e. The average Bonchev–Trinajstić information content (AvgIpc) is 3.09. The van der Waals surface area contributed by atoms with Gasteiger partial charge in [-0.2, -0.15) is 0 Å². The second-order valence-electron chi connectivity index (χ2n) is 5.80. The van der Waals surface area contributed by atoms with Crippen LogP contribution in [0.4, 0.5) is 5.69 Å². The second-order valence-corrected chi connectivity index (χ2v) is 5.80. The van der Waals surface area contributed by atoms with E-state index in [2.05, 4.69) is 4.99 Å². The fourth-order valence-corrected chi connectivity index (χ4v) is 2.55. The topological polar surface area (TPSA) is 120 Å². The van der Waals surface area contributed by atoms with Crippen molar-refractivity contribution in [3.8, 4) is 17.1 Å². The van der Waals surface area contributed by atoms with E-state index in [0.29, 0.717) is 17.2 Å². The normalized spacial score (nSPS) is 11.0. The van der Waals surface area contributed by atoms with E-state index in [0.717, 1.165) is 11.1 Å². The summed E-state index contributed by atoms with van der Waals surface area (Å²) in [5, 5.41) is 27.6. The van der Waals surface area contributed by atoms with Crippen LogP contribution in [0, 0.1) is 6.92 Å². The molecule has 0 atom stereocenters. The summed E-state index contributed by atoms with van der Waals surface area (Å²) in [6.07, 6.45) is 1.43. The van der Waals surface area contributed by atoms with Crippen LogP contribution < -0.4 is 0 Å². The third-order valence-corrected chi connectivity index (χ3v) is 3.92. The summed E-state index contributed by atoms with van der Waals surface area (Å²) in [5.41, 5.74) is 1.84. The molecule has 0 saturated carbocycles. The number of aliphatic imine (C=N–C) groups is 1. The van der Waals surface area contributed by atoms with E-state index in [1.807, 2.05) is 0 Å². The Morgan fingerprint density at radius 1 is 1.00 bits per heavy atom. The zero-order valence-electron chi connectivity index (χ0n) is 14.2. The Labute approximate surface area is 153 Å². The first-order valence-electron chi connectivity index (χ1n) is 7.89. The number of carboxylic acid groups (broad SMARTS) is 2. The minimum absolute atomic E-state index is 0.200. The Bertz CT molecular complexity index is 1060. The Morgan fingerprint density at radius 3 is 2.44 bits per heavy atom. The number of hydrogen-bond acceptors (Lipinski definition) is 5. The first-order chi connectivity index (χ1) is 12.8. The SMILES string of the molecule is Cc1cc(C(=O)O)ccc1-c1ccc(C=Nc2ccc(O)c(C(=O)O)c2)o1. The van der Waals surface area contributed by atoms with E-state index in [1.54, 1.807) is 31.2 Å². The van der Waals surface area contributed by atoms with Crippen LogP contribution in [0.1, 0.15) is 32.0 Å². The maximum absolute atomic E-state index is 11.0. The molecule has 0 radical (unpaired) electrons. The quantitative estimate of drug-likeness (QED) is 0.585. The lowest BCUT2D eigenvalue weighted by molar-refractivity contribution is 0.0684. The first-order valence-corrected chi connectivity index (χ1v) is 7.89. The fraction of sp³-hybridized carbons (Fsp3) is 0.0500. The van der Waals surface area contributed by atoms with Crippen molar-refractivity contribution in [2.75, 3.05) is 0 Å². The summed E-state index contributed by atoms with van der Waals surface area (Å²) in [6, 6.07) is 12.2. The molecule has 0 bridgehead atoms. The van der Waals surface area contributed by atoms with Gasteiger partial charge in [0.2, 0.25) is 0 Å². The molecule has 7 heteroatoms. The van der Waals surface area contributed by atoms with Crippen LogP contribution in [0.25, 0.3) is 11.3 Å². The number of aromatic carboxylic acids is 2. The zero-order valence-corrected chi connectivity index (χ0v) is 14.2. The molecular formula is C20H15NO6. The number of rotatable bonds is 5. The number of aromatic hydroxyl groups is 1. The Balaban J connectivity index is 1.84. The minimum atomic E-state index is -1.25. The van der Waals surface area contributed by atoms with Crippen LogP contribution in [0.3, 0.4) is 0 Å². The van der Waals surface area contributed by atoms with Crippen LogP contribution in [0.15, 0.2) is 57.9 Å². The molecule has 0 aliphatic rings. The van der Waals surface area contributed by atoms with Gasteiger partial charge in [-0.1, -0.05) is 6.07 Å². The lowest BCUT2D eigenvalue weighted by atomic mass is 10.0. The van der Waals surface area contributed by atoms with Crippen LogP contribution in [-0.2, 0) is 0 Å². The molecule has 3 N–H and O–H groups in total. The molecule has 0 unspecified atom stereocenters. The van der Waals surface area contributed by atoms with Gasteiger partial charge in [-0.3, -0.25) is 4.99 Å². The number of carbonyl (C=O) groups is 2. The highest BCUT2D eigenvalue weighted by Crippen LogP contribution is 2.27. The predicted molar refractivity (Wildman–Crippen MR) is 98.2 cm³/mol. The highest BCUT2D eigenvalue weighted by molar-refractivity contribution is 5.92. The van der Waals surface area contributed by atoms with Gasteiger partial charge in [0.1, 0.15) is 22.8 Å². The molecule has 2 aromatic carbocycles. The van der Waals surface area contributed by atoms with E-state index in [9.17, 15) is 14.7 Å². The Kier molecular flexibility index (Phi) is 4.76. The lowest BCUT2D eigenvalue weighted by Crippen LogP contribution is -1.96. The second kappa shape index (κ2) is 7.17. The van der Waals surface area contributed by atoms with Crippen molar-refractivity contribution in [2.45, 2.75) is 6.92 Å². The van der Waals surface area contributed by atoms with E-state index in [4.69, 9.17) is 14.6 Å². The molecule has 1 aromatic heterocycles. The van der Waals surface area contributed by atoms with E-state index >= 15 is 0 Å². The lowest BCUT2D eigenvalue weighted by Gasteiger charge is -2.04. The first kappa shape index (κ1) is 17.9. The largest absolute Gasteiger partial charge is 0.507 e. The highest BCUT2D eigenvalue weighted by atomic mass is 16.4. The van der Waals surface area contributed by atoms with E-state index in [1.165, 1.54) is 30.5 Å². The molecule has 0 fully saturated rings. The number of nitrogens with zero attached hydrogens (tertiary/aromatic N) is 1. The maximum atomic E-state index is 11.0. The molecular weight excluding hydrogens is 350 g/mol. The molecule has 0 spiro atoms. The van der Waals surface area contributed by atoms with Gasteiger partial charge in [0.15, 0.2) is 0 Å². The summed E-state index contributed by atoms with van der Waals surface area (Å²) in [4.78, 5) is 26.2. The standard InChI is InChI=1S/C20H15NO6/c1-11-8-12(19(23)24)2-5-15(11)18-7-4-14(27-18)10-21-13-3-6-17(22)16(9-13)20(25)26/h2-10,22H,1H3,(H,23,24)(H,25,26). The van der Waals surface area contributed by atoms with Crippen LogP contribution in [0.5, 0.6) is 5.75 Å². The van der Waals surface area contributed by atoms with Crippen molar-refractivity contribution in [2.24, 2.45) is 4.99 Å². The molecule has 7 nitrogen and oxygen atoms in total. The molecule has 0 aliphatic heterocycles. The third kappa shape index (κ3) is 3.87. The van der Waals surface area contributed by atoms with Gasteiger partial charge in [-0.25, -0.2) is 9.59 Å². The molecule has 1 heterocycles. The van der Waals surface area contributed by atoms with Gasteiger partial charge in [0.05, 0.1) is 17.5 Å². The molecule has 27 heavy (non-hydrogen) atoms. The number of phenols is 1. The number of furan rings is 1. The van der Waals surface area contributed by atoms with Gasteiger partial charge in [0.25, 0.3) is 0 Å². The molecule has 0 amide bonds. The molecule has 0 saturated heterocycles. The third-order valence-electron chi connectivity index (χ3n) is 3.92. The van der Waals surface area contributed by atoms with Gasteiger partial charge >= 0.3 is 11.9 Å². The fourth-order valence-electron chi connectivity index (χ4n) is 2.55. The van der Waals surface area contributed by atoms with Crippen molar-refractivity contribution in [1.82, 2.24) is 0 Å². The van der Waals surface area contributed by atoms with Crippen molar-refractivity contribution in [3.63, 3.8) is 0 Å². The van der Waals surface area contributed by atoms with Crippen molar-refractivity contribution < 1.29 is 29.3 Å². The molecule has 136 valence electrons. The summed E-state index contributed by atoms with van der Waals surface area (Å²) in [7, 11) is 0. The molecule has 3 aromatic rings. The van der Waals surface area contributed by atoms with Gasteiger partial charge < -0.3 is 19.7 Å². The van der Waals surface area contributed by atoms with Crippen molar-refractivity contribution in [3.05, 3.63) is 71.0 Å². The number of carboxylic acids is 2. The van der Waals surface area contributed by atoms with E-state index in [-0.39, 0.29) is 16.9 Å². The van der Waals surface area contributed by atoms with Gasteiger partial charge in [-0.05, 0) is 55.0 Å². The van der Waals surface area contributed by atoms with Crippen molar-refractivity contribution >= 4 is 23.8 Å². The molecule has 0 aliphatic carbocycles. The number of hydrogen-bond donors (Lipinski definition) is 3. The van der Waals surface area contributed by atoms with Crippen LogP contribution >= 0.6 is 0 Å². The minimum Gasteiger partial charge on any atom is -0.507 e. The predicted octanol–water partition coefficient (Wildman–Crippen LogP) is 4.11. The average molecular weight is 365 g/mol. The van der Waals surface area contributed by atoms with Gasteiger partial charge in [0, 0.05) is 5.56 Å². The monoisotopic (exact) mass is 365 g/mol. The van der Waals surface area contributed by atoms with Crippen LogP contribution in [0.2, 0.25) is 0 Å². The number of aryl methyl sites for hydroxylation is 1. The maximum Gasteiger partial charge on any atom is 0.339 e.